The van der Waals surface area contributed by atoms with Crippen molar-refractivity contribution in [2.75, 3.05) is 0 Å². The Kier molecular flexibility index (Phi) is 2.62. The summed E-state index contributed by atoms with van der Waals surface area (Å²) in [6.45, 7) is 1.22. The number of aromatic hydroxyl groups is 1. The third-order valence-electron chi connectivity index (χ3n) is 1.81. The van der Waals surface area contributed by atoms with Crippen molar-refractivity contribution in [1.29, 1.82) is 0 Å². The van der Waals surface area contributed by atoms with Gasteiger partial charge in [-0.3, -0.25) is 4.98 Å². The van der Waals surface area contributed by atoms with E-state index in [4.69, 9.17) is 10.2 Å². The minimum absolute atomic E-state index is 0.0379. The number of aliphatic hydroxyl groups is 2. The summed E-state index contributed by atoms with van der Waals surface area (Å²) in [5, 5.41) is 26.9. The van der Waals surface area contributed by atoms with Gasteiger partial charge >= 0.3 is 0 Å². The van der Waals surface area contributed by atoms with Gasteiger partial charge in [-0.15, -0.1) is 0 Å². The van der Waals surface area contributed by atoms with Gasteiger partial charge in [-0.05, 0) is 12.5 Å². The van der Waals surface area contributed by atoms with Crippen LogP contribution in [0.2, 0.25) is 0 Å². The maximum Gasteiger partial charge on any atom is 0.142 e. The Hall–Kier alpha value is -1.13. The maximum atomic E-state index is 9.38. The largest absolute Gasteiger partial charge is 0.506 e. The summed E-state index contributed by atoms with van der Waals surface area (Å²) in [7, 11) is 0. The van der Waals surface area contributed by atoms with Crippen molar-refractivity contribution in [1.82, 2.24) is 4.98 Å². The van der Waals surface area contributed by atoms with Gasteiger partial charge in [-0.2, -0.15) is 0 Å². The first-order valence-corrected chi connectivity index (χ1v) is 3.58. The molecule has 0 aromatic carbocycles. The summed E-state index contributed by atoms with van der Waals surface area (Å²) in [5.41, 5.74) is 1.38. The van der Waals surface area contributed by atoms with Gasteiger partial charge in [0.15, 0.2) is 0 Å². The van der Waals surface area contributed by atoms with Crippen molar-refractivity contribution >= 4 is 0 Å². The first kappa shape index (κ1) is 8.96. The van der Waals surface area contributed by atoms with Crippen molar-refractivity contribution in [2.24, 2.45) is 0 Å². The van der Waals surface area contributed by atoms with Crippen LogP contribution in [0.15, 0.2) is 6.20 Å². The van der Waals surface area contributed by atoms with Crippen molar-refractivity contribution in [2.45, 2.75) is 20.1 Å². The van der Waals surface area contributed by atoms with Crippen LogP contribution in [-0.4, -0.2) is 20.3 Å². The van der Waals surface area contributed by atoms with Crippen molar-refractivity contribution in [3.63, 3.8) is 0 Å². The van der Waals surface area contributed by atoms with Gasteiger partial charge in [0.1, 0.15) is 11.4 Å². The molecule has 0 atom stereocenters. The Bertz CT molecular complexity index is 257. The van der Waals surface area contributed by atoms with Gasteiger partial charge in [-0.1, -0.05) is 0 Å². The zero-order valence-electron chi connectivity index (χ0n) is 6.78. The first-order chi connectivity index (χ1) is 5.70. The molecule has 12 heavy (non-hydrogen) atoms. The van der Waals surface area contributed by atoms with Gasteiger partial charge in [0, 0.05) is 11.8 Å². The minimum Gasteiger partial charge on any atom is -0.506 e. The Morgan fingerprint density at radius 3 is 2.50 bits per heavy atom. The van der Waals surface area contributed by atoms with Crippen LogP contribution in [0.4, 0.5) is 0 Å². The van der Waals surface area contributed by atoms with Gasteiger partial charge in [0.05, 0.1) is 13.2 Å². The van der Waals surface area contributed by atoms with E-state index in [1.54, 1.807) is 6.92 Å². The van der Waals surface area contributed by atoms with Crippen LogP contribution in [0.1, 0.15) is 16.8 Å². The summed E-state index contributed by atoms with van der Waals surface area (Å²) in [6.07, 6.45) is 1.45. The van der Waals surface area contributed by atoms with E-state index < -0.39 is 0 Å². The zero-order chi connectivity index (χ0) is 9.14. The van der Waals surface area contributed by atoms with Crippen LogP contribution >= 0.6 is 0 Å². The summed E-state index contributed by atoms with van der Waals surface area (Å²) >= 11 is 0. The van der Waals surface area contributed by atoms with Crippen molar-refractivity contribution < 1.29 is 15.3 Å². The van der Waals surface area contributed by atoms with Crippen LogP contribution in [-0.2, 0) is 13.2 Å². The van der Waals surface area contributed by atoms with E-state index in [0.29, 0.717) is 11.1 Å². The van der Waals surface area contributed by atoms with Crippen LogP contribution in [0, 0.1) is 6.92 Å². The van der Waals surface area contributed by atoms with E-state index in [1.165, 1.54) is 6.20 Å². The number of hydrogen-bond acceptors (Lipinski definition) is 4. The van der Waals surface area contributed by atoms with Crippen molar-refractivity contribution in [3.8, 4) is 5.75 Å². The Balaban J connectivity index is 3.20. The van der Waals surface area contributed by atoms with Crippen LogP contribution in [0.5, 0.6) is 5.75 Å². The fourth-order valence-corrected chi connectivity index (χ4v) is 0.957. The molecule has 66 valence electrons. The molecular formula is C8H11NO3. The second-order valence-corrected chi connectivity index (χ2v) is 2.52. The van der Waals surface area contributed by atoms with E-state index in [1.807, 2.05) is 0 Å². The topological polar surface area (TPSA) is 73.6 Å². The second kappa shape index (κ2) is 3.51. The molecular weight excluding hydrogens is 158 g/mol. The molecule has 1 rings (SSSR count). The van der Waals surface area contributed by atoms with E-state index in [-0.39, 0.29) is 24.7 Å². The van der Waals surface area contributed by atoms with E-state index >= 15 is 0 Å². The normalized spacial score (nSPS) is 10.2. The van der Waals surface area contributed by atoms with Gasteiger partial charge in [0.25, 0.3) is 0 Å². The number of aromatic nitrogens is 1. The highest BCUT2D eigenvalue weighted by molar-refractivity contribution is 5.39. The molecule has 0 aliphatic carbocycles. The average molecular weight is 169 g/mol. The molecule has 0 saturated carbocycles. The molecule has 1 heterocycles. The second-order valence-electron chi connectivity index (χ2n) is 2.52. The molecule has 1 aromatic heterocycles. The lowest BCUT2D eigenvalue weighted by Crippen LogP contribution is -1.97. The van der Waals surface area contributed by atoms with Gasteiger partial charge in [0.2, 0.25) is 0 Å². The molecule has 4 nitrogen and oxygen atoms in total. The van der Waals surface area contributed by atoms with Gasteiger partial charge < -0.3 is 15.3 Å². The molecule has 0 unspecified atom stereocenters. The predicted molar refractivity (Wildman–Crippen MR) is 42.5 cm³/mol. The van der Waals surface area contributed by atoms with Crippen LogP contribution in [0.25, 0.3) is 0 Å². The molecule has 1 aromatic rings. The van der Waals surface area contributed by atoms with E-state index in [0.717, 1.165) is 0 Å². The Morgan fingerprint density at radius 1 is 1.33 bits per heavy atom. The molecule has 0 aliphatic rings. The number of rotatable bonds is 2. The highest BCUT2D eigenvalue weighted by Crippen LogP contribution is 2.22. The Morgan fingerprint density at radius 2 is 2.00 bits per heavy atom. The minimum atomic E-state index is -0.293. The maximum absolute atomic E-state index is 9.38. The standard InChI is InChI=1S/C8H11NO3/c1-5-6(3-10)2-9-7(4-11)8(5)12/h2,10-12H,3-4H2,1H3. The average Bonchev–Trinajstić information content (AvgIpc) is 2.10. The molecule has 4 heteroatoms. The predicted octanol–water partition coefficient (Wildman–Crippen LogP) is 0.0802. The number of pyridine rings is 1. The number of aliphatic hydroxyl groups excluding tert-OH is 2. The molecule has 0 spiro atoms. The third-order valence-corrected chi connectivity index (χ3v) is 1.81. The summed E-state index contributed by atoms with van der Waals surface area (Å²) in [6, 6.07) is 0. The fourth-order valence-electron chi connectivity index (χ4n) is 0.957. The quantitative estimate of drug-likeness (QED) is 0.586. The SMILES string of the molecule is Cc1c(CO)cnc(CO)c1O. The van der Waals surface area contributed by atoms with Crippen LogP contribution in [0.3, 0.4) is 0 Å². The molecule has 0 saturated heterocycles. The van der Waals surface area contributed by atoms with Crippen molar-refractivity contribution in [3.05, 3.63) is 23.0 Å². The molecule has 0 bridgehead atoms. The lowest BCUT2D eigenvalue weighted by Gasteiger charge is -2.06. The highest BCUT2D eigenvalue weighted by Gasteiger charge is 2.08. The van der Waals surface area contributed by atoms with E-state index in [9.17, 15) is 5.11 Å². The van der Waals surface area contributed by atoms with Gasteiger partial charge in [-0.25, -0.2) is 0 Å². The first-order valence-electron chi connectivity index (χ1n) is 3.58. The summed E-state index contributed by atoms with van der Waals surface area (Å²) in [4.78, 5) is 3.77. The van der Waals surface area contributed by atoms with E-state index in [2.05, 4.69) is 4.98 Å². The molecule has 0 aliphatic heterocycles. The fraction of sp³-hybridized carbons (Fsp3) is 0.375. The molecule has 0 amide bonds. The molecule has 0 fully saturated rings. The third kappa shape index (κ3) is 1.39. The molecule has 3 N–H and O–H groups in total. The van der Waals surface area contributed by atoms with Crippen LogP contribution < -0.4 is 0 Å². The summed E-state index contributed by atoms with van der Waals surface area (Å²) in [5.74, 6) is -0.0379. The smallest absolute Gasteiger partial charge is 0.142 e. The highest BCUT2D eigenvalue weighted by atomic mass is 16.3. The lowest BCUT2D eigenvalue weighted by molar-refractivity contribution is 0.265. The lowest BCUT2D eigenvalue weighted by atomic mass is 10.1. The zero-order valence-corrected chi connectivity index (χ0v) is 6.78. The number of nitrogens with zero attached hydrogens (tertiary/aromatic N) is 1. The summed E-state index contributed by atoms with van der Waals surface area (Å²) < 4.78 is 0. The molecule has 0 radical (unpaired) electrons. The Labute approximate surface area is 70.1 Å². The number of hydrogen-bond donors (Lipinski definition) is 3. The monoisotopic (exact) mass is 169 g/mol.